The molecule has 0 saturated carbocycles. The summed E-state index contributed by atoms with van der Waals surface area (Å²) in [5.41, 5.74) is 2.73. The largest absolute Gasteiger partial charge is 0.489 e. The molecule has 0 spiro atoms. The molecule has 1 unspecified atom stereocenters. The van der Waals surface area contributed by atoms with Crippen molar-refractivity contribution >= 4 is 23.0 Å². The lowest BCUT2D eigenvalue weighted by Crippen LogP contribution is -2.51. The second-order valence-electron chi connectivity index (χ2n) is 6.91. The Kier molecular flexibility index (Phi) is 3.33. The second kappa shape index (κ2) is 5.47. The van der Waals surface area contributed by atoms with Gasteiger partial charge in [0.2, 0.25) is 0 Å². The number of ether oxygens (including phenoxy) is 1. The van der Waals surface area contributed by atoms with Crippen LogP contribution in [0.1, 0.15) is 34.5 Å². The molecule has 0 aromatic carbocycles. The fourth-order valence-corrected chi connectivity index (χ4v) is 5.02. The average molecular weight is 360 g/mol. The minimum Gasteiger partial charge on any atom is -0.489 e. The number of alkyl halides is 1. The van der Waals surface area contributed by atoms with E-state index in [2.05, 4.69) is 15.2 Å². The highest BCUT2D eigenvalue weighted by atomic mass is 32.1. The minimum absolute atomic E-state index is 0.0364. The highest BCUT2D eigenvalue weighted by Gasteiger charge is 2.42. The van der Waals surface area contributed by atoms with Crippen molar-refractivity contribution in [2.45, 2.75) is 31.5 Å². The lowest BCUT2D eigenvalue weighted by atomic mass is 9.83. The summed E-state index contributed by atoms with van der Waals surface area (Å²) in [5, 5.41) is 6.82. The molecule has 1 saturated heterocycles. The highest BCUT2D eigenvalue weighted by Crippen LogP contribution is 2.52. The number of nitrogens with zero attached hydrogens (tertiary/aromatic N) is 3. The number of amides is 1. The van der Waals surface area contributed by atoms with E-state index in [0.29, 0.717) is 24.5 Å². The van der Waals surface area contributed by atoms with Crippen LogP contribution >= 0.6 is 11.3 Å². The van der Waals surface area contributed by atoms with Gasteiger partial charge in [-0.2, -0.15) is 5.10 Å². The van der Waals surface area contributed by atoms with E-state index in [1.807, 2.05) is 11.8 Å². The smallest absolute Gasteiger partial charge is 0.287 e. The van der Waals surface area contributed by atoms with Gasteiger partial charge in [0.25, 0.3) is 5.91 Å². The van der Waals surface area contributed by atoms with Crippen molar-refractivity contribution in [2.24, 2.45) is 4.99 Å². The summed E-state index contributed by atoms with van der Waals surface area (Å²) in [6.45, 7) is 3.44. The molecular weight excluding hydrogens is 343 g/mol. The molecule has 1 N–H and O–H groups in total. The van der Waals surface area contributed by atoms with Crippen LogP contribution in [0.15, 0.2) is 17.4 Å². The van der Waals surface area contributed by atoms with Gasteiger partial charge in [-0.1, -0.05) is 0 Å². The number of thiophene rings is 1. The molecule has 0 bridgehead atoms. The molecule has 5 rings (SSSR count). The zero-order valence-corrected chi connectivity index (χ0v) is 14.5. The molecule has 3 aliphatic heterocycles. The number of hydrogen-bond acceptors (Lipinski definition) is 5. The summed E-state index contributed by atoms with van der Waals surface area (Å²) in [6, 6.07) is 0. The molecule has 6 nitrogen and oxygen atoms in total. The molecule has 25 heavy (non-hydrogen) atoms. The van der Waals surface area contributed by atoms with E-state index in [1.165, 1.54) is 11.3 Å². The minimum atomic E-state index is -0.756. The number of aromatic amines is 1. The summed E-state index contributed by atoms with van der Waals surface area (Å²) in [6.07, 6.45) is 3.61. The zero-order valence-electron chi connectivity index (χ0n) is 13.7. The number of carbonyl (C=O) groups is 1. The van der Waals surface area contributed by atoms with Crippen molar-refractivity contribution in [3.63, 3.8) is 0 Å². The third-order valence-electron chi connectivity index (χ3n) is 5.03. The molecule has 130 valence electrons. The molecule has 2 aromatic heterocycles. The van der Waals surface area contributed by atoms with Gasteiger partial charge in [-0.3, -0.25) is 14.8 Å². The Labute approximate surface area is 147 Å². The van der Waals surface area contributed by atoms with Crippen molar-refractivity contribution in [1.82, 2.24) is 15.1 Å². The first-order valence-corrected chi connectivity index (χ1v) is 9.22. The molecular formula is C17H17FN4O2S. The lowest BCUT2D eigenvalue weighted by Gasteiger charge is -2.38. The number of hydrogen-bond donors (Lipinski definition) is 1. The maximum absolute atomic E-state index is 13.1. The van der Waals surface area contributed by atoms with Gasteiger partial charge in [0.15, 0.2) is 0 Å². The molecule has 1 amide bonds. The molecule has 5 heterocycles. The topological polar surface area (TPSA) is 70.6 Å². The maximum Gasteiger partial charge on any atom is 0.287 e. The summed E-state index contributed by atoms with van der Waals surface area (Å²) < 4.78 is 19.3. The summed E-state index contributed by atoms with van der Waals surface area (Å²) in [4.78, 5) is 20.6. The standard InChI is InChI=1S/C17H17FN4O2S/c1-8-2-11-12(7-22-5-10(18)6-22)21-17(23)16-13(11)14(24-8)15(25-16)9-3-19-20-4-9/h3-4,8,10-11H,2,5-7H2,1H3,(H,19,20)/t8-,11?/m1/s1. The van der Waals surface area contributed by atoms with Gasteiger partial charge < -0.3 is 4.74 Å². The van der Waals surface area contributed by atoms with Gasteiger partial charge in [0, 0.05) is 48.6 Å². The van der Waals surface area contributed by atoms with E-state index in [4.69, 9.17) is 4.74 Å². The molecule has 3 aliphatic rings. The van der Waals surface area contributed by atoms with Gasteiger partial charge in [-0.15, -0.1) is 11.3 Å². The van der Waals surface area contributed by atoms with E-state index in [9.17, 15) is 9.18 Å². The van der Waals surface area contributed by atoms with E-state index in [-0.39, 0.29) is 17.9 Å². The molecule has 2 aromatic rings. The number of likely N-dealkylation sites (tertiary alicyclic amines) is 1. The Morgan fingerprint density at radius 3 is 3.00 bits per heavy atom. The van der Waals surface area contributed by atoms with Crippen LogP contribution in [0.4, 0.5) is 4.39 Å². The first-order valence-electron chi connectivity index (χ1n) is 8.41. The van der Waals surface area contributed by atoms with Crippen molar-refractivity contribution < 1.29 is 13.9 Å². The van der Waals surface area contributed by atoms with Gasteiger partial charge in [0.1, 0.15) is 16.8 Å². The normalized spacial score (nSPS) is 26.0. The fraction of sp³-hybridized carbons (Fsp3) is 0.471. The molecule has 2 atom stereocenters. The van der Waals surface area contributed by atoms with Crippen LogP contribution in [0.25, 0.3) is 10.4 Å². The molecule has 0 radical (unpaired) electrons. The van der Waals surface area contributed by atoms with Crippen LogP contribution in [0, 0.1) is 0 Å². The van der Waals surface area contributed by atoms with Crippen LogP contribution < -0.4 is 4.74 Å². The molecule has 0 aliphatic carbocycles. The van der Waals surface area contributed by atoms with E-state index < -0.39 is 6.17 Å². The Morgan fingerprint density at radius 2 is 2.28 bits per heavy atom. The quantitative estimate of drug-likeness (QED) is 0.913. The number of aromatic nitrogens is 2. The van der Waals surface area contributed by atoms with Crippen molar-refractivity contribution in [3.05, 3.63) is 22.8 Å². The summed E-state index contributed by atoms with van der Waals surface area (Å²) >= 11 is 1.42. The summed E-state index contributed by atoms with van der Waals surface area (Å²) in [7, 11) is 0. The maximum atomic E-state index is 13.1. The van der Waals surface area contributed by atoms with Crippen LogP contribution in [0.5, 0.6) is 5.75 Å². The first kappa shape index (κ1) is 15.2. The number of H-pyrrole nitrogens is 1. The van der Waals surface area contributed by atoms with Gasteiger partial charge in [-0.25, -0.2) is 9.38 Å². The molecule has 1 fully saturated rings. The van der Waals surface area contributed by atoms with Crippen LogP contribution in [0.3, 0.4) is 0 Å². The van der Waals surface area contributed by atoms with Crippen molar-refractivity contribution in [2.75, 3.05) is 19.6 Å². The predicted octanol–water partition coefficient (Wildman–Crippen LogP) is 2.64. The van der Waals surface area contributed by atoms with E-state index in [1.54, 1.807) is 12.4 Å². The van der Waals surface area contributed by atoms with Crippen molar-refractivity contribution in [1.29, 1.82) is 0 Å². The predicted molar refractivity (Wildman–Crippen MR) is 92.5 cm³/mol. The van der Waals surface area contributed by atoms with Crippen molar-refractivity contribution in [3.8, 4) is 16.2 Å². The number of nitrogens with one attached hydrogen (secondary N) is 1. The Morgan fingerprint density at radius 1 is 1.44 bits per heavy atom. The number of carbonyl (C=O) groups excluding carboxylic acids is 1. The van der Waals surface area contributed by atoms with E-state index >= 15 is 0 Å². The fourth-order valence-electron chi connectivity index (χ4n) is 3.86. The molecule has 8 heteroatoms. The van der Waals surface area contributed by atoms with E-state index in [0.717, 1.165) is 33.9 Å². The van der Waals surface area contributed by atoms with Gasteiger partial charge in [-0.05, 0) is 13.3 Å². The Bertz CT molecular complexity index is 870. The van der Waals surface area contributed by atoms with Crippen LogP contribution in [0.2, 0.25) is 0 Å². The third-order valence-corrected chi connectivity index (χ3v) is 6.26. The SMILES string of the molecule is C[C@@H]1CC2C(CN3CC(F)C3)=NC(=O)c3sc(-c4cn[nH]c4)c(c32)O1. The highest BCUT2D eigenvalue weighted by molar-refractivity contribution is 7.18. The lowest BCUT2D eigenvalue weighted by molar-refractivity contribution is 0.0793. The Hall–Kier alpha value is -2.06. The number of rotatable bonds is 3. The van der Waals surface area contributed by atoms with Crippen LogP contribution in [-0.2, 0) is 0 Å². The number of aliphatic imine (C=N–C) groups is 1. The third kappa shape index (κ3) is 2.35. The van der Waals surface area contributed by atoms with Gasteiger partial charge >= 0.3 is 0 Å². The summed E-state index contributed by atoms with van der Waals surface area (Å²) in [5.74, 6) is 0.651. The van der Waals surface area contributed by atoms with Crippen LogP contribution in [-0.4, -0.2) is 58.6 Å². The average Bonchev–Trinajstić information content (AvgIpc) is 3.18. The first-order chi connectivity index (χ1) is 12.1. The second-order valence-corrected chi connectivity index (χ2v) is 7.93. The monoisotopic (exact) mass is 360 g/mol. The number of halogens is 1. The van der Waals surface area contributed by atoms with Gasteiger partial charge in [0.05, 0.1) is 17.2 Å². The zero-order chi connectivity index (χ0) is 17.1. The Balaban J connectivity index is 1.57.